The zero-order valence-corrected chi connectivity index (χ0v) is 9.31. The Morgan fingerprint density at radius 1 is 1.56 bits per heavy atom. The molecule has 86 valence electrons. The predicted molar refractivity (Wildman–Crippen MR) is 60.1 cm³/mol. The van der Waals surface area contributed by atoms with E-state index in [1.165, 1.54) is 5.56 Å². The van der Waals surface area contributed by atoms with E-state index in [1.807, 2.05) is 19.2 Å². The predicted octanol–water partition coefficient (Wildman–Crippen LogP) is 1.66. The summed E-state index contributed by atoms with van der Waals surface area (Å²) >= 11 is 0. The van der Waals surface area contributed by atoms with Gasteiger partial charge >= 0.3 is 5.97 Å². The normalized spacial score (nSPS) is 25.3. The van der Waals surface area contributed by atoms with Crippen LogP contribution in [0.4, 0.5) is 0 Å². The SMILES string of the molecule is Cc1ccncc1C1CCCC(C(=O)O)N1. The number of hydrogen-bond donors (Lipinski definition) is 2. The third-order valence-corrected chi connectivity index (χ3v) is 3.14. The Kier molecular flexibility index (Phi) is 3.19. The fourth-order valence-electron chi connectivity index (χ4n) is 2.22. The first kappa shape index (κ1) is 11.1. The molecule has 4 heteroatoms. The van der Waals surface area contributed by atoms with Crippen molar-refractivity contribution in [1.29, 1.82) is 0 Å². The number of nitrogens with zero attached hydrogens (tertiary/aromatic N) is 1. The lowest BCUT2D eigenvalue weighted by molar-refractivity contribution is -0.140. The van der Waals surface area contributed by atoms with E-state index in [0.717, 1.165) is 18.4 Å². The summed E-state index contributed by atoms with van der Waals surface area (Å²) in [4.78, 5) is 15.0. The number of carbonyl (C=O) groups is 1. The zero-order chi connectivity index (χ0) is 11.5. The number of piperidine rings is 1. The van der Waals surface area contributed by atoms with Gasteiger partial charge in [0.15, 0.2) is 0 Å². The van der Waals surface area contributed by atoms with Crippen LogP contribution in [0.3, 0.4) is 0 Å². The van der Waals surface area contributed by atoms with E-state index in [9.17, 15) is 4.79 Å². The molecule has 2 heterocycles. The molecule has 1 fully saturated rings. The molecule has 0 radical (unpaired) electrons. The molecule has 0 aliphatic carbocycles. The molecular weight excluding hydrogens is 204 g/mol. The van der Waals surface area contributed by atoms with Crippen molar-refractivity contribution in [3.63, 3.8) is 0 Å². The van der Waals surface area contributed by atoms with Crippen molar-refractivity contribution in [3.8, 4) is 0 Å². The zero-order valence-electron chi connectivity index (χ0n) is 9.31. The molecule has 16 heavy (non-hydrogen) atoms. The molecule has 1 aliphatic rings. The van der Waals surface area contributed by atoms with E-state index in [-0.39, 0.29) is 6.04 Å². The molecule has 0 aromatic carbocycles. The van der Waals surface area contributed by atoms with Gasteiger partial charge in [-0.05, 0) is 43.4 Å². The van der Waals surface area contributed by atoms with E-state index in [2.05, 4.69) is 10.3 Å². The molecule has 2 rings (SSSR count). The highest BCUT2D eigenvalue weighted by Crippen LogP contribution is 2.27. The summed E-state index contributed by atoms with van der Waals surface area (Å²) in [6, 6.07) is 1.67. The molecule has 1 aromatic rings. The van der Waals surface area contributed by atoms with Crippen molar-refractivity contribution >= 4 is 5.97 Å². The first-order valence-electron chi connectivity index (χ1n) is 5.58. The van der Waals surface area contributed by atoms with Crippen LogP contribution in [-0.2, 0) is 4.79 Å². The Hall–Kier alpha value is -1.42. The summed E-state index contributed by atoms with van der Waals surface area (Å²) in [6.07, 6.45) is 6.23. The van der Waals surface area contributed by atoms with Gasteiger partial charge in [-0.25, -0.2) is 0 Å². The lowest BCUT2D eigenvalue weighted by Gasteiger charge is -2.29. The average Bonchev–Trinajstić information content (AvgIpc) is 2.30. The molecule has 2 atom stereocenters. The smallest absolute Gasteiger partial charge is 0.320 e. The van der Waals surface area contributed by atoms with Crippen molar-refractivity contribution in [2.24, 2.45) is 0 Å². The summed E-state index contributed by atoms with van der Waals surface area (Å²) in [7, 11) is 0. The summed E-state index contributed by atoms with van der Waals surface area (Å²) in [6.45, 7) is 2.03. The van der Waals surface area contributed by atoms with E-state index in [1.54, 1.807) is 6.20 Å². The van der Waals surface area contributed by atoms with Gasteiger partial charge in [0.2, 0.25) is 0 Å². The Balaban J connectivity index is 2.16. The molecule has 1 aromatic heterocycles. The Bertz CT molecular complexity index is 392. The second-order valence-electron chi connectivity index (χ2n) is 4.27. The lowest BCUT2D eigenvalue weighted by Crippen LogP contribution is -2.42. The molecule has 0 spiro atoms. The van der Waals surface area contributed by atoms with Gasteiger partial charge in [0.25, 0.3) is 0 Å². The van der Waals surface area contributed by atoms with Gasteiger partial charge in [0, 0.05) is 18.4 Å². The summed E-state index contributed by atoms with van der Waals surface area (Å²) < 4.78 is 0. The van der Waals surface area contributed by atoms with Gasteiger partial charge in [-0.1, -0.05) is 0 Å². The minimum atomic E-state index is -0.758. The van der Waals surface area contributed by atoms with E-state index < -0.39 is 12.0 Å². The van der Waals surface area contributed by atoms with Gasteiger partial charge in [-0.3, -0.25) is 15.1 Å². The molecule has 0 amide bonds. The van der Waals surface area contributed by atoms with E-state index in [0.29, 0.717) is 6.42 Å². The van der Waals surface area contributed by atoms with Crippen LogP contribution in [0.25, 0.3) is 0 Å². The Morgan fingerprint density at radius 2 is 2.38 bits per heavy atom. The summed E-state index contributed by atoms with van der Waals surface area (Å²) in [5, 5.41) is 12.2. The number of hydrogen-bond acceptors (Lipinski definition) is 3. The highest BCUT2D eigenvalue weighted by atomic mass is 16.4. The molecular formula is C12H16N2O2. The number of pyridine rings is 1. The number of aryl methyl sites for hydroxylation is 1. The monoisotopic (exact) mass is 220 g/mol. The van der Waals surface area contributed by atoms with E-state index >= 15 is 0 Å². The highest BCUT2D eigenvalue weighted by molar-refractivity contribution is 5.73. The summed E-state index contributed by atoms with van der Waals surface area (Å²) in [5.41, 5.74) is 2.28. The number of nitrogens with one attached hydrogen (secondary N) is 1. The van der Waals surface area contributed by atoms with Gasteiger partial charge in [-0.2, -0.15) is 0 Å². The molecule has 2 unspecified atom stereocenters. The Labute approximate surface area is 94.7 Å². The van der Waals surface area contributed by atoms with Gasteiger partial charge < -0.3 is 5.11 Å². The molecule has 0 saturated carbocycles. The van der Waals surface area contributed by atoms with E-state index in [4.69, 9.17) is 5.11 Å². The van der Waals surface area contributed by atoms with Crippen LogP contribution in [0.5, 0.6) is 0 Å². The maximum atomic E-state index is 10.9. The third-order valence-electron chi connectivity index (χ3n) is 3.14. The highest BCUT2D eigenvalue weighted by Gasteiger charge is 2.27. The van der Waals surface area contributed by atoms with Gasteiger partial charge in [0.05, 0.1) is 0 Å². The molecule has 1 aliphatic heterocycles. The van der Waals surface area contributed by atoms with Crippen LogP contribution in [0.15, 0.2) is 18.5 Å². The number of carboxylic acids is 1. The molecule has 1 saturated heterocycles. The van der Waals surface area contributed by atoms with Crippen molar-refractivity contribution < 1.29 is 9.90 Å². The number of carboxylic acid groups (broad SMARTS) is 1. The van der Waals surface area contributed by atoms with Crippen LogP contribution in [-0.4, -0.2) is 22.1 Å². The number of aromatic nitrogens is 1. The van der Waals surface area contributed by atoms with Crippen LogP contribution >= 0.6 is 0 Å². The van der Waals surface area contributed by atoms with Crippen LogP contribution in [0.1, 0.15) is 36.4 Å². The van der Waals surface area contributed by atoms with Crippen molar-refractivity contribution in [1.82, 2.24) is 10.3 Å². The van der Waals surface area contributed by atoms with Crippen molar-refractivity contribution in [3.05, 3.63) is 29.6 Å². The fraction of sp³-hybridized carbons (Fsp3) is 0.500. The molecule has 4 nitrogen and oxygen atoms in total. The first-order valence-corrected chi connectivity index (χ1v) is 5.58. The fourth-order valence-corrected chi connectivity index (χ4v) is 2.22. The topological polar surface area (TPSA) is 62.2 Å². The van der Waals surface area contributed by atoms with Gasteiger partial charge in [0.1, 0.15) is 6.04 Å². The summed E-state index contributed by atoms with van der Waals surface area (Å²) in [5.74, 6) is -0.758. The third kappa shape index (κ3) is 2.22. The average molecular weight is 220 g/mol. The second-order valence-corrected chi connectivity index (χ2v) is 4.27. The maximum absolute atomic E-state index is 10.9. The molecule has 0 bridgehead atoms. The van der Waals surface area contributed by atoms with Crippen molar-refractivity contribution in [2.45, 2.75) is 38.3 Å². The van der Waals surface area contributed by atoms with Crippen LogP contribution in [0.2, 0.25) is 0 Å². The number of aliphatic carboxylic acids is 1. The largest absolute Gasteiger partial charge is 0.480 e. The van der Waals surface area contributed by atoms with Crippen molar-refractivity contribution in [2.75, 3.05) is 0 Å². The number of rotatable bonds is 2. The standard InChI is InChI=1S/C12H16N2O2/c1-8-5-6-13-7-9(8)10-3-2-4-11(14-10)12(15)16/h5-7,10-11,14H,2-4H2,1H3,(H,15,16). The maximum Gasteiger partial charge on any atom is 0.320 e. The Morgan fingerprint density at radius 3 is 3.06 bits per heavy atom. The quantitative estimate of drug-likeness (QED) is 0.795. The lowest BCUT2D eigenvalue weighted by atomic mass is 9.92. The molecule has 2 N–H and O–H groups in total. The van der Waals surface area contributed by atoms with Crippen LogP contribution < -0.4 is 5.32 Å². The minimum absolute atomic E-state index is 0.128. The minimum Gasteiger partial charge on any atom is -0.480 e. The second kappa shape index (κ2) is 4.61. The van der Waals surface area contributed by atoms with Crippen LogP contribution in [0, 0.1) is 6.92 Å². The van der Waals surface area contributed by atoms with Gasteiger partial charge in [-0.15, -0.1) is 0 Å². The first-order chi connectivity index (χ1) is 7.68.